The van der Waals surface area contributed by atoms with Gasteiger partial charge in [-0.15, -0.1) is 0 Å². The predicted octanol–water partition coefficient (Wildman–Crippen LogP) is 4.13. The lowest BCUT2D eigenvalue weighted by atomic mass is 9.95. The van der Waals surface area contributed by atoms with Crippen LogP contribution < -0.4 is 16.0 Å². The minimum atomic E-state index is -1.21. The number of hydrogen-bond acceptors (Lipinski definition) is 7. The summed E-state index contributed by atoms with van der Waals surface area (Å²) in [4.78, 5) is 28.6. The van der Waals surface area contributed by atoms with Crippen molar-refractivity contribution in [3.05, 3.63) is 107 Å². The van der Waals surface area contributed by atoms with E-state index in [9.17, 15) is 14.9 Å². The third kappa shape index (κ3) is 6.28. The maximum atomic E-state index is 13.1. The van der Waals surface area contributed by atoms with Gasteiger partial charge < -0.3 is 20.7 Å². The van der Waals surface area contributed by atoms with Gasteiger partial charge in [0.1, 0.15) is 0 Å². The highest BCUT2D eigenvalue weighted by molar-refractivity contribution is 6.19. The molecule has 0 saturated carbocycles. The van der Waals surface area contributed by atoms with Crippen molar-refractivity contribution in [3.63, 3.8) is 0 Å². The number of nitrogens with zero attached hydrogens (tertiary/aromatic N) is 2. The van der Waals surface area contributed by atoms with Crippen molar-refractivity contribution in [1.29, 1.82) is 16.1 Å². The molecule has 10 nitrogen and oxygen atoms in total. The van der Waals surface area contributed by atoms with E-state index in [1.807, 2.05) is 55.5 Å². The van der Waals surface area contributed by atoms with Crippen molar-refractivity contribution in [1.82, 2.24) is 10.6 Å². The first-order chi connectivity index (χ1) is 19.4. The van der Waals surface area contributed by atoms with Crippen molar-refractivity contribution in [2.24, 2.45) is 4.99 Å². The minimum Gasteiger partial charge on any atom is -0.407 e. The number of nitrogens with one attached hydrogen (secondary N) is 5. The maximum absolute atomic E-state index is 13.1. The normalized spacial score (nSPS) is 14.4. The number of para-hydroxylation sites is 1. The zero-order valence-corrected chi connectivity index (χ0v) is 21.7. The largest absolute Gasteiger partial charge is 0.407 e. The Balaban J connectivity index is 1.61. The molecule has 0 aromatic heterocycles. The summed E-state index contributed by atoms with van der Waals surface area (Å²) in [6, 6.07) is 22.9. The van der Waals surface area contributed by atoms with Crippen LogP contribution in [0.3, 0.4) is 0 Å². The van der Waals surface area contributed by atoms with Crippen LogP contribution >= 0.6 is 0 Å². The lowest BCUT2D eigenvalue weighted by molar-refractivity contribution is -0.117. The van der Waals surface area contributed by atoms with E-state index in [0.29, 0.717) is 46.5 Å². The van der Waals surface area contributed by atoms with E-state index in [1.54, 1.807) is 18.2 Å². The van der Waals surface area contributed by atoms with E-state index in [4.69, 9.17) is 15.6 Å². The van der Waals surface area contributed by atoms with Gasteiger partial charge in [0.15, 0.2) is 0 Å². The number of rotatable bonds is 8. The van der Waals surface area contributed by atoms with Crippen molar-refractivity contribution >= 4 is 41.2 Å². The zero-order valence-electron chi connectivity index (χ0n) is 21.7. The Morgan fingerprint density at radius 2 is 1.85 bits per heavy atom. The van der Waals surface area contributed by atoms with E-state index in [2.05, 4.69) is 27.0 Å². The summed E-state index contributed by atoms with van der Waals surface area (Å²) in [5.41, 5.74) is 4.54. The number of ether oxygens (including phenoxy) is 1. The van der Waals surface area contributed by atoms with Gasteiger partial charge in [0.25, 0.3) is 11.9 Å². The Bertz CT molecular complexity index is 1550. The molecule has 1 aliphatic heterocycles. The number of amidine groups is 1. The summed E-state index contributed by atoms with van der Waals surface area (Å²) >= 11 is 0. The minimum absolute atomic E-state index is 0.309. The molecule has 0 saturated heterocycles. The van der Waals surface area contributed by atoms with Gasteiger partial charge in [-0.25, -0.2) is 4.99 Å². The number of amides is 2. The average Bonchev–Trinajstić information content (AvgIpc) is 3.11. The Hall–Kier alpha value is -5.56. The smallest absolute Gasteiger partial charge is 0.290 e. The average molecular weight is 534 g/mol. The number of carbonyl (C=O) groups excluding carboxylic acids is 2. The fraction of sp³-hybridized carbons (Fsp3) is 0.133. The number of allylic oxidation sites excluding steroid dienone is 1. The van der Waals surface area contributed by atoms with Crippen LogP contribution in [0.15, 0.2) is 84.0 Å². The second-order valence-electron chi connectivity index (χ2n) is 8.76. The Morgan fingerprint density at radius 1 is 1.10 bits per heavy atom. The zero-order chi connectivity index (χ0) is 28.5. The highest BCUT2D eigenvalue weighted by Gasteiger charge is 2.27. The molecule has 1 unspecified atom stereocenters. The van der Waals surface area contributed by atoms with E-state index >= 15 is 0 Å². The van der Waals surface area contributed by atoms with Gasteiger partial charge in [-0.1, -0.05) is 61.9 Å². The molecule has 0 spiro atoms. The summed E-state index contributed by atoms with van der Waals surface area (Å²) in [5, 5.41) is 34.4. The Labute approximate surface area is 231 Å². The lowest BCUT2D eigenvalue weighted by Crippen LogP contribution is -2.43. The summed E-state index contributed by atoms with van der Waals surface area (Å²) in [7, 11) is 0. The summed E-state index contributed by atoms with van der Waals surface area (Å²) in [5.74, 6) is -0.875. The molecule has 200 valence electrons. The van der Waals surface area contributed by atoms with Gasteiger partial charge in [0.05, 0.1) is 23.0 Å². The van der Waals surface area contributed by atoms with E-state index in [0.717, 1.165) is 17.5 Å². The van der Waals surface area contributed by atoms with E-state index in [-0.39, 0.29) is 5.90 Å². The molecule has 3 aromatic rings. The van der Waals surface area contributed by atoms with Gasteiger partial charge >= 0.3 is 0 Å². The molecule has 10 heteroatoms. The Kier molecular flexibility index (Phi) is 8.79. The second kappa shape index (κ2) is 12.8. The van der Waals surface area contributed by atoms with Crippen molar-refractivity contribution in [2.45, 2.75) is 25.9 Å². The summed E-state index contributed by atoms with van der Waals surface area (Å²) in [6.07, 6.45) is 2.14. The van der Waals surface area contributed by atoms with Crippen molar-refractivity contribution in [2.75, 3.05) is 5.32 Å². The molecule has 1 heterocycles. The summed E-state index contributed by atoms with van der Waals surface area (Å²) < 4.78 is 5.50. The van der Waals surface area contributed by atoms with Crippen LogP contribution in [0.4, 0.5) is 5.69 Å². The highest BCUT2D eigenvalue weighted by Crippen LogP contribution is 2.26. The van der Waals surface area contributed by atoms with E-state index in [1.165, 1.54) is 12.3 Å². The van der Waals surface area contributed by atoms with Crippen LogP contribution in [0.1, 0.15) is 47.6 Å². The fourth-order valence-corrected chi connectivity index (χ4v) is 4.26. The third-order valence-corrected chi connectivity index (χ3v) is 6.05. The SMILES string of the molecule is CCC/C(=C\NC=O)c1cc(C#N)ccc1C(=N)OC(=N)NC1N=C(c2ccccc2)c2ccccc2NC1=O. The van der Waals surface area contributed by atoms with E-state index < -0.39 is 18.1 Å². The molecule has 4 rings (SSSR count). The number of fused-ring (bicyclic) bond motifs is 1. The van der Waals surface area contributed by atoms with Gasteiger partial charge in [-0.2, -0.15) is 5.26 Å². The topological polar surface area (TPSA) is 163 Å². The number of benzodiazepines with no additional fused rings is 1. The van der Waals surface area contributed by atoms with Crippen LogP contribution in [0.5, 0.6) is 0 Å². The number of carbonyl (C=O) groups is 2. The fourth-order valence-electron chi connectivity index (χ4n) is 4.26. The van der Waals surface area contributed by atoms with Crippen LogP contribution in [-0.4, -0.2) is 36.1 Å². The first-order valence-corrected chi connectivity index (χ1v) is 12.5. The molecular weight excluding hydrogens is 506 g/mol. The third-order valence-electron chi connectivity index (χ3n) is 6.05. The first-order valence-electron chi connectivity index (χ1n) is 12.5. The second-order valence-corrected chi connectivity index (χ2v) is 8.76. The number of hydrogen-bond donors (Lipinski definition) is 5. The monoisotopic (exact) mass is 533 g/mol. The molecule has 0 fully saturated rings. The van der Waals surface area contributed by atoms with Gasteiger partial charge in [-0.3, -0.25) is 20.4 Å². The molecule has 40 heavy (non-hydrogen) atoms. The molecule has 3 aromatic carbocycles. The molecule has 2 amide bonds. The molecule has 0 radical (unpaired) electrons. The van der Waals surface area contributed by atoms with Crippen molar-refractivity contribution in [3.8, 4) is 6.07 Å². The predicted molar refractivity (Wildman–Crippen MR) is 153 cm³/mol. The maximum Gasteiger partial charge on any atom is 0.290 e. The van der Waals surface area contributed by atoms with Gasteiger partial charge in [0.2, 0.25) is 18.5 Å². The standard InChI is InChI=1S/C30H27N7O3/c1-2-8-21(17-34-18-38)24-15-19(16-31)13-14-22(24)27(32)40-30(33)37-28-29(39)35-25-12-7-6-11-23(25)26(36-28)20-9-4-3-5-10-20/h3-7,9-15,17-18,28,32H,2,8H2,1H3,(H2,33,37)(H,34,38)(H,35,39)/b21-17+,32-27?. The van der Waals surface area contributed by atoms with Crippen LogP contribution in [0.25, 0.3) is 5.57 Å². The first kappa shape index (κ1) is 27.5. The molecular formula is C30H27N7O3. The highest BCUT2D eigenvalue weighted by atomic mass is 16.5. The molecule has 0 bridgehead atoms. The lowest BCUT2D eigenvalue weighted by Gasteiger charge is -2.17. The number of aliphatic imine (C=N–C) groups is 1. The van der Waals surface area contributed by atoms with Crippen LogP contribution in [0, 0.1) is 22.1 Å². The molecule has 0 aliphatic carbocycles. The number of benzene rings is 3. The van der Waals surface area contributed by atoms with Gasteiger partial charge in [0, 0.05) is 22.9 Å². The van der Waals surface area contributed by atoms with Gasteiger partial charge in [-0.05, 0) is 41.8 Å². The molecule has 5 N–H and O–H groups in total. The summed E-state index contributed by atoms with van der Waals surface area (Å²) in [6.45, 7) is 1.96. The van der Waals surface area contributed by atoms with Crippen molar-refractivity contribution < 1.29 is 14.3 Å². The molecule has 1 atom stereocenters. The van der Waals surface area contributed by atoms with Crippen LogP contribution in [0.2, 0.25) is 0 Å². The van der Waals surface area contributed by atoms with Crippen LogP contribution in [-0.2, 0) is 14.3 Å². The quantitative estimate of drug-likeness (QED) is 0.167. The number of nitriles is 1. The number of anilines is 1. The Morgan fingerprint density at radius 3 is 2.58 bits per heavy atom. The molecule has 1 aliphatic rings.